The van der Waals surface area contributed by atoms with Gasteiger partial charge in [-0.1, -0.05) is 6.07 Å². The predicted molar refractivity (Wildman–Crippen MR) is 54.1 cm³/mol. The monoisotopic (exact) mass is 207 g/mol. The average Bonchev–Trinajstić information content (AvgIpc) is 2.82. The number of hydrogen-bond acceptors (Lipinski definition) is 4. The summed E-state index contributed by atoms with van der Waals surface area (Å²) in [6.07, 6.45) is 0.140. The molecule has 0 amide bonds. The van der Waals surface area contributed by atoms with E-state index in [2.05, 4.69) is 5.32 Å². The molecule has 1 aromatic carbocycles. The van der Waals surface area contributed by atoms with Crippen molar-refractivity contribution in [2.24, 2.45) is 0 Å². The maximum atomic E-state index is 5.52. The molecule has 1 fully saturated rings. The Hall–Kier alpha value is -1.26. The number of hydrogen-bond donors (Lipinski definition) is 1. The van der Waals surface area contributed by atoms with Gasteiger partial charge in [0.1, 0.15) is 13.2 Å². The Balaban J connectivity index is 1.89. The molecule has 1 N–H and O–H groups in total. The Labute approximate surface area is 88.1 Å². The molecule has 2 aliphatic heterocycles. The molecule has 2 heterocycles. The molecule has 15 heavy (non-hydrogen) atoms. The summed E-state index contributed by atoms with van der Waals surface area (Å²) in [5, 5.41) is 3.16. The third-order valence-electron chi connectivity index (χ3n) is 2.65. The fourth-order valence-corrected chi connectivity index (χ4v) is 1.88. The van der Waals surface area contributed by atoms with Gasteiger partial charge in [0.05, 0.1) is 12.8 Å². The van der Waals surface area contributed by atoms with Crippen LogP contribution in [0.3, 0.4) is 0 Å². The van der Waals surface area contributed by atoms with Crippen LogP contribution in [0.25, 0.3) is 0 Å². The van der Waals surface area contributed by atoms with Crippen molar-refractivity contribution in [3.8, 4) is 11.5 Å². The number of nitrogens with one attached hydrogen (secondary N) is 1. The standard InChI is InChI=1S/C11H13NO3/c1-2-9-10(14-4-3-13-9)5-8(1)11-6-12-7-15-11/h1-2,5,11-12H,3-4,6-7H2. The highest BCUT2D eigenvalue weighted by Crippen LogP contribution is 2.33. The minimum Gasteiger partial charge on any atom is -0.486 e. The van der Waals surface area contributed by atoms with Gasteiger partial charge in [0.2, 0.25) is 0 Å². The van der Waals surface area contributed by atoms with E-state index in [9.17, 15) is 0 Å². The van der Waals surface area contributed by atoms with E-state index in [0.29, 0.717) is 19.9 Å². The van der Waals surface area contributed by atoms with Crippen molar-refractivity contribution in [2.75, 3.05) is 26.5 Å². The zero-order valence-corrected chi connectivity index (χ0v) is 8.36. The van der Waals surface area contributed by atoms with Gasteiger partial charge in [-0.2, -0.15) is 0 Å². The summed E-state index contributed by atoms with van der Waals surface area (Å²) >= 11 is 0. The summed E-state index contributed by atoms with van der Waals surface area (Å²) in [6.45, 7) is 2.74. The van der Waals surface area contributed by atoms with Crippen LogP contribution in [-0.2, 0) is 4.74 Å². The van der Waals surface area contributed by atoms with E-state index in [-0.39, 0.29) is 6.10 Å². The quantitative estimate of drug-likeness (QED) is 0.748. The van der Waals surface area contributed by atoms with Crippen LogP contribution in [0.5, 0.6) is 11.5 Å². The van der Waals surface area contributed by atoms with Crippen molar-refractivity contribution >= 4 is 0 Å². The Morgan fingerprint density at radius 3 is 2.80 bits per heavy atom. The van der Waals surface area contributed by atoms with Gasteiger partial charge in [0.25, 0.3) is 0 Å². The van der Waals surface area contributed by atoms with Gasteiger partial charge in [-0.25, -0.2) is 0 Å². The molecule has 1 atom stereocenters. The highest BCUT2D eigenvalue weighted by molar-refractivity contribution is 5.44. The molecule has 1 unspecified atom stereocenters. The molecular formula is C11H13NO3. The van der Waals surface area contributed by atoms with E-state index >= 15 is 0 Å². The van der Waals surface area contributed by atoms with Gasteiger partial charge >= 0.3 is 0 Å². The number of rotatable bonds is 1. The third kappa shape index (κ3) is 1.66. The highest BCUT2D eigenvalue weighted by atomic mass is 16.6. The van der Waals surface area contributed by atoms with E-state index in [0.717, 1.165) is 23.6 Å². The fraction of sp³-hybridized carbons (Fsp3) is 0.455. The van der Waals surface area contributed by atoms with Crippen molar-refractivity contribution in [3.05, 3.63) is 23.8 Å². The highest BCUT2D eigenvalue weighted by Gasteiger charge is 2.20. The summed E-state index contributed by atoms with van der Waals surface area (Å²) in [4.78, 5) is 0. The molecule has 0 spiro atoms. The van der Waals surface area contributed by atoms with Gasteiger partial charge in [-0.05, 0) is 17.7 Å². The Morgan fingerprint density at radius 1 is 1.13 bits per heavy atom. The summed E-state index contributed by atoms with van der Waals surface area (Å²) < 4.78 is 16.5. The largest absolute Gasteiger partial charge is 0.486 e. The van der Waals surface area contributed by atoms with Gasteiger partial charge in [-0.15, -0.1) is 0 Å². The lowest BCUT2D eigenvalue weighted by Gasteiger charge is -2.19. The molecule has 1 saturated heterocycles. The molecule has 4 heteroatoms. The fourth-order valence-electron chi connectivity index (χ4n) is 1.88. The van der Waals surface area contributed by atoms with Crippen LogP contribution in [0.15, 0.2) is 18.2 Å². The smallest absolute Gasteiger partial charge is 0.161 e. The molecule has 0 radical (unpaired) electrons. The number of ether oxygens (including phenoxy) is 3. The van der Waals surface area contributed by atoms with Crippen molar-refractivity contribution in [2.45, 2.75) is 6.10 Å². The molecule has 4 nitrogen and oxygen atoms in total. The lowest BCUT2D eigenvalue weighted by molar-refractivity contribution is 0.113. The van der Waals surface area contributed by atoms with E-state index < -0.39 is 0 Å². The normalized spacial score (nSPS) is 24.1. The summed E-state index contributed by atoms with van der Waals surface area (Å²) in [5.41, 5.74) is 1.14. The SMILES string of the molecule is c1cc2c(cc1C1CNCO1)OCCO2. The maximum Gasteiger partial charge on any atom is 0.161 e. The van der Waals surface area contributed by atoms with Gasteiger partial charge in [0.15, 0.2) is 11.5 Å². The van der Waals surface area contributed by atoms with E-state index in [1.54, 1.807) is 0 Å². The first-order chi connectivity index (χ1) is 7.43. The minimum absolute atomic E-state index is 0.140. The molecule has 0 aliphatic carbocycles. The molecule has 3 rings (SSSR count). The van der Waals surface area contributed by atoms with Crippen LogP contribution in [0, 0.1) is 0 Å². The number of fused-ring (bicyclic) bond motifs is 1. The van der Waals surface area contributed by atoms with Crippen molar-refractivity contribution in [3.63, 3.8) is 0 Å². The van der Waals surface area contributed by atoms with Gasteiger partial charge in [-0.3, -0.25) is 5.32 Å². The molecule has 0 aromatic heterocycles. The zero-order chi connectivity index (χ0) is 10.1. The molecule has 80 valence electrons. The summed E-state index contributed by atoms with van der Waals surface area (Å²) in [7, 11) is 0. The molecule has 2 aliphatic rings. The first-order valence-corrected chi connectivity index (χ1v) is 5.15. The van der Waals surface area contributed by atoms with Crippen LogP contribution in [0.4, 0.5) is 0 Å². The molecule has 0 saturated carbocycles. The lowest BCUT2D eigenvalue weighted by Crippen LogP contribution is -2.16. The molecular weight excluding hydrogens is 194 g/mol. The Morgan fingerprint density at radius 2 is 2.00 bits per heavy atom. The Kier molecular flexibility index (Phi) is 2.23. The summed E-state index contributed by atoms with van der Waals surface area (Å²) in [5.74, 6) is 1.66. The lowest BCUT2D eigenvalue weighted by atomic mass is 10.1. The maximum absolute atomic E-state index is 5.52. The molecule has 0 bridgehead atoms. The van der Waals surface area contributed by atoms with E-state index in [1.807, 2.05) is 18.2 Å². The second kappa shape index (κ2) is 3.72. The molecule has 1 aromatic rings. The van der Waals surface area contributed by atoms with Crippen LogP contribution < -0.4 is 14.8 Å². The average molecular weight is 207 g/mol. The van der Waals surface area contributed by atoms with Crippen molar-refractivity contribution < 1.29 is 14.2 Å². The van der Waals surface area contributed by atoms with Crippen LogP contribution in [-0.4, -0.2) is 26.5 Å². The first-order valence-electron chi connectivity index (χ1n) is 5.15. The summed E-state index contributed by atoms with van der Waals surface area (Å²) in [6, 6.07) is 5.99. The minimum atomic E-state index is 0.140. The topological polar surface area (TPSA) is 39.7 Å². The van der Waals surface area contributed by atoms with Crippen LogP contribution in [0.1, 0.15) is 11.7 Å². The van der Waals surface area contributed by atoms with Crippen molar-refractivity contribution in [1.82, 2.24) is 5.32 Å². The number of benzene rings is 1. The van der Waals surface area contributed by atoms with Crippen LogP contribution in [0.2, 0.25) is 0 Å². The second-order valence-corrected chi connectivity index (χ2v) is 3.66. The Bertz CT molecular complexity index is 361. The van der Waals surface area contributed by atoms with Gasteiger partial charge < -0.3 is 14.2 Å². The zero-order valence-electron chi connectivity index (χ0n) is 8.36. The van der Waals surface area contributed by atoms with E-state index in [4.69, 9.17) is 14.2 Å². The van der Waals surface area contributed by atoms with Crippen molar-refractivity contribution in [1.29, 1.82) is 0 Å². The van der Waals surface area contributed by atoms with Gasteiger partial charge in [0, 0.05) is 6.54 Å². The predicted octanol–water partition coefficient (Wildman–Crippen LogP) is 1.08. The second-order valence-electron chi connectivity index (χ2n) is 3.66. The van der Waals surface area contributed by atoms with E-state index in [1.165, 1.54) is 0 Å². The third-order valence-corrected chi connectivity index (χ3v) is 2.65. The first kappa shape index (κ1) is 9.00. The van der Waals surface area contributed by atoms with Crippen LogP contribution >= 0.6 is 0 Å².